The van der Waals surface area contributed by atoms with E-state index in [4.69, 9.17) is 32.5 Å². The molecule has 176 valence electrons. The maximum absolute atomic E-state index is 14.7. The van der Waals surface area contributed by atoms with Gasteiger partial charge in [-0.25, -0.2) is 9.37 Å². The number of thiophene rings is 1. The van der Waals surface area contributed by atoms with Crippen molar-refractivity contribution in [2.45, 2.75) is 38.2 Å². The van der Waals surface area contributed by atoms with Crippen molar-refractivity contribution in [2.24, 2.45) is 5.73 Å². The van der Waals surface area contributed by atoms with Crippen molar-refractivity contribution in [1.82, 2.24) is 9.97 Å². The van der Waals surface area contributed by atoms with Gasteiger partial charge in [-0.05, 0) is 49.9 Å². The molecule has 1 saturated heterocycles. The molecule has 6 nitrogen and oxygen atoms in total. The minimum absolute atomic E-state index is 0.00111. The Morgan fingerprint density at radius 3 is 2.71 bits per heavy atom. The average molecular weight is 499 g/mol. The van der Waals surface area contributed by atoms with Crippen LogP contribution in [0.4, 0.5) is 10.1 Å². The monoisotopic (exact) mass is 498 g/mol. The maximum Gasteiger partial charge on any atom is 0.164 e. The normalized spacial score (nSPS) is 20.6. The highest BCUT2D eigenvalue weighted by Crippen LogP contribution is 2.42. The number of benzene rings is 1. The zero-order chi connectivity index (χ0) is 24.3. The molecule has 1 fully saturated rings. The molecular weight excluding hydrogens is 475 g/mol. The van der Waals surface area contributed by atoms with E-state index in [1.807, 2.05) is 57.2 Å². The highest BCUT2D eigenvalue weighted by molar-refractivity contribution is 7.19. The van der Waals surface area contributed by atoms with Crippen LogP contribution in [0.15, 0.2) is 48.8 Å². The predicted molar refractivity (Wildman–Crippen MR) is 133 cm³/mol. The van der Waals surface area contributed by atoms with Crippen LogP contribution in [0.3, 0.4) is 0 Å². The Morgan fingerprint density at radius 2 is 1.97 bits per heavy atom. The van der Waals surface area contributed by atoms with Crippen LogP contribution in [0.1, 0.15) is 42.8 Å². The first-order valence-electron chi connectivity index (χ1n) is 10.8. The minimum atomic E-state index is -0.807. The van der Waals surface area contributed by atoms with Crippen molar-refractivity contribution >= 4 is 38.7 Å². The van der Waals surface area contributed by atoms with Gasteiger partial charge < -0.3 is 20.9 Å². The van der Waals surface area contributed by atoms with Gasteiger partial charge in [0.2, 0.25) is 0 Å². The molecule has 0 amide bonds. The van der Waals surface area contributed by atoms with E-state index in [0.29, 0.717) is 6.61 Å². The van der Waals surface area contributed by atoms with Gasteiger partial charge >= 0.3 is 0 Å². The molecule has 0 aliphatic carbocycles. The van der Waals surface area contributed by atoms with E-state index < -0.39 is 23.2 Å². The number of aromatic nitrogens is 2. The number of hydrogen-bond donors (Lipinski definition) is 2. The molecule has 0 bridgehead atoms. The maximum atomic E-state index is 14.7. The number of nitrogen functional groups attached to an aromatic ring is 1. The average Bonchev–Trinajstić information content (AvgIpc) is 3.37. The second-order valence-electron chi connectivity index (χ2n) is 9.03. The topological polar surface area (TPSA) is 96.3 Å². The van der Waals surface area contributed by atoms with Crippen LogP contribution in [0.5, 0.6) is 0 Å². The highest BCUT2D eigenvalue weighted by atomic mass is 35.5. The summed E-state index contributed by atoms with van der Waals surface area (Å²) in [6.07, 6.45) is 2.97. The van der Waals surface area contributed by atoms with Crippen molar-refractivity contribution < 1.29 is 13.9 Å². The first-order valence-corrected chi connectivity index (χ1v) is 12.0. The Morgan fingerprint density at radius 1 is 1.18 bits per heavy atom. The van der Waals surface area contributed by atoms with Crippen molar-refractivity contribution in [1.29, 1.82) is 0 Å². The van der Waals surface area contributed by atoms with Crippen molar-refractivity contribution in [3.8, 4) is 11.3 Å². The van der Waals surface area contributed by atoms with Gasteiger partial charge in [-0.2, -0.15) is 0 Å². The SMILES string of the molecule is CC1(C)OCC(C)(c2ccnc(-c3cccc4cc(C(N)c5c(Cl)ncc(N)c5F)sc34)c2)O1. The molecule has 9 heteroatoms. The van der Waals surface area contributed by atoms with Crippen molar-refractivity contribution in [3.63, 3.8) is 0 Å². The summed E-state index contributed by atoms with van der Waals surface area (Å²) >= 11 is 7.64. The lowest BCUT2D eigenvalue weighted by atomic mass is 9.96. The molecule has 4 heterocycles. The smallest absolute Gasteiger partial charge is 0.164 e. The summed E-state index contributed by atoms with van der Waals surface area (Å²) in [4.78, 5) is 9.33. The summed E-state index contributed by atoms with van der Waals surface area (Å²) in [6.45, 7) is 6.28. The predicted octanol–water partition coefficient (Wildman–Crippen LogP) is 5.78. The molecule has 1 aliphatic rings. The number of halogens is 2. The summed E-state index contributed by atoms with van der Waals surface area (Å²) < 4.78 is 27.7. The fraction of sp³-hybridized carbons (Fsp3) is 0.280. The van der Waals surface area contributed by atoms with Crippen LogP contribution >= 0.6 is 22.9 Å². The van der Waals surface area contributed by atoms with E-state index in [1.54, 1.807) is 6.20 Å². The number of nitrogens with zero attached hydrogens (tertiary/aromatic N) is 2. The number of hydrogen-bond acceptors (Lipinski definition) is 7. The molecule has 4 N–H and O–H groups in total. The number of ether oxygens (including phenoxy) is 2. The van der Waals surface area contributed by atoms with E-state index in [9.17, 15) is 4.39 Å². The molecule has 0 spiro atoms. The molecule has 5 rings (SSSR count). The van der Waals surface area contributed by atoms with Gasteiger partial charge in [0.05, 0.1) is 30.2 Å². The van der Waals surface area contributed by atoms with E-state index in [2.05, 4.69) is 9.97 Å². The van der Waals surface area contributed by atoms with Crippen LogP contribution in [0.25, 0.3) is 21.3 Å². The van der Waals surface area contributed by atoms with Gasteiger partial charge in [0.1, 0.15) is 10.8 Å². The standard InChI is InChI=1S/C25H24ClFN4O2S/c1-24(2)32-12-25(3,33-24)14-7-8-30-17(10-14)15-6-4-5-13-9-18(34-22(13)15)21(29)19-20(27)16(28)11-31-23(19)26/h4-11,21H,12,28-29H2,1-3H3. The number of anilines is 1. The van der Waals surface area contributed by atoms with E-state index >= 15 is 0 Å². The number of rotatable bonds is 4. The van der Waals surface area contributed by atoms with Gasteiger partial charge in [-0.1, -0.05) is 29.8 Å². The minimum Gasteiger partial charge on any atom is -0.395 e. The zero-order valence-corrected chi connectivity index (χ0v) is 20.5. The highest BCUT2D eigenvalue weighted by Gasteiger charge is 2.43. The lowest BCUT2D eigenvalue weighted by Crippen LogP contribution is -2.28. The number of pyridine rings is 2. The summed E-state index contributed by atoms with van der Waals surface area (Å²) in [5.41, 5.74) is 14.3. The van der Waals surface area contributed by atoms with E-state index in [0.717, 1.165) is 31.8 Å². The van der Waals surface area contributed by atoms with Crippen LogP contribution in [-0.2, 0) is 15.1 Å². The molecule has 0 radical (unpaired) electrons. The fourth-order valence-corrected chi connectivity index (χ4v) is 5.75. The van der Waals surface area contributed by atoms with Crippen LogP contribution in [-0.4, -0.2) is 22.4 Å². The lowest BCUT2D eigenvalue weighted by Gasteiger charge is -2.25. The van der Waals surface area contributed by atoms with Gasteiger partial charge in [0.15, 0.2) is 11.6 Å². The van der Waals surface area contributed by atoms with Gasteiger partial charge in [0.25, 0.3) is 0 Å². The summed E-state index contributed by atoms with van der Waals surface area (Å²) in [5.74, 6) is -1.29. The molecule has 2 atom stereocenters. The van der Waals surface area contributed by atoms with Crippen LogP contribution in [0.2, 0.25) is 5.15 Å². The Bertz CT molecular complexity index is 1410. The second-order valence-corrected chi connectivity index (χ2v) is 10.5. The molecule has 1 aromatic carbocycles. The summed E-state index contributed by atoms with van der Waals surface area (Å²) in [7, 11) is 0. The van der Waals surface area contributed by atoms with E-state index in [-0.39, 0.29) is 16.4 Å². The Kier molecular flexibility index (Phi) is 5.61. The fourth-order valence-electron chi connectivity index (χ4n) is 4.31. The third-order valence-corrected chi connectivity index (χ3v) is 7.59. The first kappa shape index (κ1) is 23.1. The second kappa shape index (κ2) is 8.25. The Hall–Kier alpha value is -2.62. The molecular formula is C25H24ClFN4O2S. The van der Waals surface area contributed by atoms with Crippen LogP contribution < -0.4 is 11.5 Å². The van der Waals surface area contributed by atoms with Gasteiger partial charge in [-0.3, -0.25) is 4.98 Å². The van der Waals surface area contributed by atoms with Crippen molar-refractivity contribution in [3.05, 3.63) is 75.8 Å². The van der Waals surface area contributed by atoms with Gasteiger partial charge in [0, 0.05) is 26.9 Å². The molecule has 0 saturated carbocycles. The third-order valence-electron chi connectivity index (χ3n) is 6.02. The summed E-state index contributed by atoms with van der Waals surface area (Å²) in [6, 6.07) is 11.1. The molecule has 34 heavy (non-hydrogen) atoms. The first-order chi connectivity index (χ1) is 16.1. The third kappa shape index (κ3) is 3.95. The quantitative estimate of drug-likeness (QED) is 0.346. The largest absolute Gasteiger partial charge is 0.395 e. The molecule has 1 aliphatic heterocycles. The van der Waals surface area contributed by atoms with Gasteiger partial charge in [-0.15, -0.1) is 11.3 Å². The van der Waals surface area contributed by atoms with Crippen molar-refractivity contribution in [2.75, 3.05) is 12.3 Å². The van der Waals surface area contributed by atoms with E-state index in [1.165, 1.54) is 17.5 Å². The Balaban J connectivity index is 1.57. The Labute approximate surface area is 205 Å². The molecule has 2 unspecified atom stereocenters. The van der Waals surface area contributed by atoms with Crippen LogP contribution in [0, 0.1) is 5.82 Å². The number of nitrogens with two attached hydrogens (primary N) is 2. The summed E-state index contributed by atoms with van der Waals surface area (Å²) in [5, 5.41) is 0.975. The number of fused-ring (bicyclic) bond motifs is 1. The lowest BCUT2D eigenvalue weighted by molar-refractivity contribution is -0.159. The molecule has 4 aromatic rings. The molecule has 3 aromatic heterocycles. The zero-order valence-electron chi connectivity index (χ0n) is 18.9.